The molecular formula is C12H19N5O2. The Morgan fingerprint density at radius 1 is 1.47 bits per heavy atom. The lowest BCUT2D eigenvalue weighted by molar-refractivity contribution is -0.140. The summed E-state index contributed by atoms with van der Waals surface area (Å²) in [5.74, 6) is 0.495. The highest BCUT2D eigenvalue weighted by Crippen LogP contribution is 2.15. The minimum Gasteiger partial charge on any atom is -0.305 e. The van der Waals surface area contributed by atoms with Crippen LogP contribution in [0.1, 0.15) is 26.1 Å². The number of carbonyl (C=O) groups excluding carboxylic acids is 2. The predicted octanol–water partition coefficient (Wildman–Crippen LogP) is -0.517. The zero-order valence-electron chi connectivity index (χ0n) is 11.5. The van der Waals surface area contributed by atoms with E-state index < -0.39 is 6.04 Å². The molecule has 0 aliphatic carbocycles. The lowest BCUT2D eigenvalue weighted by atomic mass is 10.2. The van der Waals surface area contributed by atoms with Gasteiger partial charge in [0.2, 0.25) is 11.8 Å². The van der Waals surface area contributed by atoms with E-state index in [1.807, 2.05) is 20.9 Å². The van der Waals surface area contributed by atoms with Crippen LogP contribution in [0.2, 0.25) is 0 Å². The van der Waals surface area contributed by atoms with Gasteiger partial charge in [-0.1, -0.05) is 0 Å². The first-order valence-corrected chi connectivity index (χ1v) is 6.43. The monoisotopic (exact) mass is 265 g/mol. The molecule has 19 heavy (non-hydrogen) atoms. The number of aromatic nitrogens is 3. The van der Waals surface area contributed by atoms with Gasteiger partial charge in [0.25, 0.3) is 0 Å². The van der Waals surface area contributed by atoms with Crippen LogP contribution in [0.5, 0.6) is 0 Å². The molecule has 1 atom stereocenters. The fourth-order valence-electron chi connectivity index (χ4n) is 2.21. The number of aryl methyl sites for hydroxylation is 1. The van der Waals surface area contributed by atoms with Crippen molar-refractivity contribution in [1.82, 2.24) is 25.0 Å². The summed E-state index contributed by atoms with van der Waals surface area (Å²) in [6.45, 7) is 4.27. The number of hydrogen-bond acceptors (Lipinski definition) is 5. The Morgan fingerprint density at radius 2 is 2.21 bits per heavy atom. The average Bonchev–Trinajstić information content (AvgIpc) is 2.84. The number of imide groups is 1. The van der Waals surface area contributed by atoms with Crippen molar-refractivity contribution >= 4 is 11.8 Å². The molecule has 1 N–H and O–H groups in total. The lowest BCUT2D eigenvalue weighted by Crippen LogP contribution is -2.42. The second-order valence-corrected chi connectivity index (χ2v) is 4.99. The molecule has 2 amide bonds. The van der Waals surface area contributed by atoms with Gasteiger partial charge < -0.3 is 5.32 Å². The fourth-order valence-corrected chi connectivity index (χ4v) is 2.21. The number of nitrogens with one attached hydrogen (secondary N) is 1. The van der Waals surface area contributed by atoms with Crippen LogP contribution >= 0.6 is 0 Å². The first kappa shape index (κ1) is 13.7. The average molecular weight is 265 g/mol. The van der Waals surface area contributed by atoms with Gasteiger partial charge in [0.15, 0.2) is 5.82 Å². The standard InChI is InChI=1S/C12H19N5O2/c1-8(2)17-11(18)6-9(12(17)19)13-5-4-10-14-7-16(3)15-10/h7-9,13H,4-6H2,1-3H3. The highest BCUT2D eigenvalue weighted by Gasteiger charge is 2.39. The number of hydrogen-bond donors (Lipinski definition) is 1. The molecule has 1 aromatic rings. The van der Waals surface area contributed by atoms with E-state index in [9.17, 15) is 9.59 Å². The first-order valence-electron chi connectivity index (χ1n) is 6.43. The van der Waals surface area contributed by atoms with Gasteiger partial charge in [-0.05, 0) is 13.8 Å². The highest BCUT2D eigenvalue weighted by atomic mass is 16.2. The minimum atomic E-state index is -0.404. The Labute approximate surface area is 112 Å². The summed E-state index contributed by atoms with van der Waals surface area (Å²) >= 11 is 0. The van der Waals surface area contributed by atoms with Crippen molar-refractivity contribution in [3.63, 3.8) is 0 Å². The van der Waals surface area contributed by atoms with Crippen molar-refractivity contribution in [3.8, 4) is 0 Å². The Kier molecular flexibility index (Phi) is 3.94. The van der Waals surface area contributed by atoms with Crippen LogP contribution in [0.4, 0.5) is 0 Å². The molecule has 1 aliphatic rings. The summed E-state index contributed by atoms with van der Waals surface area (Å²) in [7, 11) is 1.81. The zero-order valence-corrected chi connectivity index (χ0v) is 11.5. The van der Waals surface area contributed by atoms with Gasteiger partial charge in [-0.25, -0.2) is 4.98 Å². The van der Waals surface area contributed by atoms with Gasteiger partial charge >= 0.3 is 0 Å². The van der Waals surface area contributed by atoms with Crippen molar-refractivity contribution in [1.29, 1.82) is 0 Å². The maximum atomic E-state index is 12.0. The van der Waals surface area contributed by atoms with Crippen LogP contribution in [0.25, 0.3) is 0 Å². The minimum absolute atomic E-state index is 0.0794. The van der Waals surface area contributed by atoms with E-state index in [1.54, 1.807) is 11.0 Å². The molecule has 2 rings (SSSR count). The molecule has 1 aliphatic heterocycles. The molecule has 104 valence electrons. The summed E-state index contributed by atoms with van der Waals surface area (Å²) in [6.07, 6.45) is 2.52. The number of carbonyl (C=O) groups is 2. The Bertz CT molecular complexity index is 482. The molecule has 0 bridgehead atoms. The summed E-state index contributed by atoms with van der Waals surface area (Å²) in [6, 6.07) is -0.483. The topological polar surface area (TPSA) is 80.1 Å². The number of amides is 2. The number of nitrogens with zero attached hydrogens (tertiary/aromatic N) is 4. The van der Waals surface area contributed by atoms with Crippen LogP contribution in [-0.2, 0) is 23.1 Å². The lowest BCUT2D eigenvalue weighted by Gasteiger charge is -2.19. The van der Waals surface area contributed by atoms with Gasteiger partial charge in [-0.2, -0.15) is 5.10 Å². The molecule has 7 nitrogen and oxygen atoms in total. The molecule has 0 spiro atoms. The van der Waals surface area contributed by atoms with E-state index in [4.69, 9.17) is 0 Å². The molecule has 0 radical (unpaired) electrons. The molecule has 7 heteroatoms. The molecule has 0 aromatic carbocycles. The van der Waals surface area contributed by atoms with Crippen molar-refractivity contribution in [2.45, 2.75) is 38.8 Å². The third-order valence-corrected chi connectivity index (χ3v) is 3.09. The number of likely N-dealkylation sites (tertiary alicyclic amines) is 1. The summed E-state index contributed by atoms with van der Waals surface area (Å²) in [5.41, 5.74) is 0. The maximum Gasteiger partial charge on any atom is 0.247 e. The molecule has 1 unspecified atom stereocenters. The second kappa shape index (κ2) is 5.48. The highest BCUT2D eigenvalue weighted by molar-refractivity contribution is 6.05. The summed E-state index contributed by atoms with van der Waals surface area (Å²) in [5, 5.41) is 7.26. The van der Waals surface area contributed by atoms with Crippen LogP contribution in [0.15, 0.2) is 6.33 Å². The molecule has 1 aromatic heterocycles. The smallest absolute Gasteiger partial charge is 0.247 e. The third kappa shape index (κ3) is 2.98. The Balaban J connectivity index is 1.84. The van der Waals surface area contributed by atoms with Crippen molar-refractivity contribution in [3.05, 3.63) is 12.2 Å². The van der Waals surface area contributed by atoms with E-state index >= 15 is 0 Å². The maximum absolute atomic E-state index is 12.0. The van der Waals surface area contributed by atoms with Crippen molar-refractivity contribution < 1.29 is 9.59 Å². The van der Waals surface area contributed by atoms with E-state index in [1.165, 1.54) is 4.90 Å². The summed E-state index contributed by atoms with van der Waals surface area (Å²) in [4.78, 5) is 29.2. The number of rotatable bonds is 5. The predicted molar refractivity (Wildman–Crippen MR) is 68.1 cm³/mol. The molecule has 1 fully saturated rings. The van der Waals surface area contributed by atoms with E-state index in [0.717, 1.165) is 5.82 Å². The quantitative estimate of drug-likeness (QED) is 0.725. The van der Waals surface area contributed by atoms with Gasteiger partial charge in [0.05, 0.1) is 12.5 Å². The van der Waals surface area contributed by atoms with Crippen molar-refractivity contribution in [2.75, 3.05) is 6.54 Å². The van der Waals surface area contributed by atoms with Crippen molar-refractivity contribution in [2.24, 2.45) is 7.05 Å². The van der Waals surface area contributed by atoms with Crippen LogP contribution in [0.3, 0.4) is 0 Å². The van der Waals surface area contributed by atoms with Crippen LogP contribution in [0, 0.1) is 0 Å². The normalized spacial score (nSPS) is 19.8. The molecular weight excluding hydrogens is 246 g/mol. The SMILES string of the molecule is CC(C)N1C(=O)CC(NCCc2ncn(C)n2)C1=O. The largest absolute Gasteiger partial charge is 0.305 e. The van der Waals surface area contributed by atoms with Gasteiger partial charge in [-0.15, -0.1) is 0 Å². The Hall–Kier alpha value is -1.76. The zero-order chi connectivity index (χ0) is 14.0. The fraction of sp³-hybridized carbons (Fsp3) is 0.667. The molecule has 2 heterocycles. The molecule has 0 saturated carbocycles. The van der Waals surface area contributed by atoms with E-state index in [0.29, 0.717) is 13.0 Å². The van der Waals surface area contributed by atoms with Crippen LogP contribution in [-0.4, -0.2) is 50.1 Å². The van der Waals surface area contributed by atoms with E-state index in [2.05, 4.69) is 15.4 Å². The second-order valence-electron chi connectivity index (χ2n) is 4.99. The van der Waals surface area contributed by atoms with Gasteiger partial charge in [0, 0.05) is 26.1 Å². The van der Waals surface area contributed by atoms with Gasteiger partial charge in [-0.3, -0.25) is 19.2 Å². The van der Waals surface area contributed by atoms with E-state index in [-0.39, 0.29) is 24.3 Å². The third-order valence-electron chi connectivity index (χ3n) is 3.09. The van der Waals surface area contributed by atoms with Gasteiger partial charge in [0.1, 0.15) is 6.33 Å². The van der Waals surface area contributed by atoms with Crippen LogP contribution < -0.4 is 5.32 Å². The first-order chi connectivity index (χ1) is 8.99. The molecule has 1 saturated heterocycles. The summed E-state index contributed by atoms with van der Waals surface area (Å²) < 4.78 is 1.64. The Morgan fingerprint density at radius 3 is 2.74 bits per heavy atom.